The van der Waals surface area contributed by atoms with Gasteiger partial charge < -0.3 is 15.0 Å². The number of hydrogen-bond donors (Lipinski definition) is 1. The molecule has 1 N–H and O–H groups in total. The number of hydrogen-bond acceptors (Lipinski definition) is 4. The van der Waals surface area contributed by atoms with Crippen LogP contribution in [0.25, 0.3) is 0 Å². The number of carbonyl (C=O) groups is 1. The summed E-state index contributed by atoms with van der Waals surface area (Å²) in [6.45, 7) is 4.59. The minimum absolute atomic E-state index is 0. The average Bonchev–Trinajstić information content (AvgIpc) is 2.93. The number of aliphatic imine (C=N–C) groups is 1. The number of likely N-dealkylation sites (tertiary alicyclic amines) is 1. The molecule has 2 heterocycles. The molecule has 0 atom stereocenters. The van der Waals surface area contributed by atoms with Crippen LogP contribution in [0.5, 0.6) is 0 Å². The summed E-state index contributed by atoms with van der Waals surface area (Å²) in [5, 5.41) is 5.52. The summed E-state index contributed by atoms with van der Waals surface area (Å²) in [6.07, 6.45) is 1.65. The molecular weight excluding hydrogens is 413 g/mol. The lowest BCUT2D eigenvalue weighted by atomic mass is 9.97. The molecule has 1 fully saturated rings. The number of methoxy groups -OCH3 is 1. The zero-order chi connectivity index (χ0) is 15.2. The van der Waals surface area contributed by atoms with Gasteiger partial charge in [-0.05, 0) is 36.8 Å². The Balaban J connectivity index is 0.00000242. The van der Waals surface area contributed by atoms with Crippen LogP contribution in [0, 0.1) is 12.8 Å². The van der Waals surface area contributed by atoms with E-state index in [1.165, 1.54) is 17.6 Å². The second-order valence-corrected chi connectivity index (χ2v) is 6.21. The summed E-state index contributed by atoms with van der Waals surface area (Å²) in [7, 11) is 3.26. The highest BCUT2D eigenvalue weighted by atomic mass is 127. The third-order valence-corrected chi connectivity index (χ3v) is 4.94. The van der Waals surface area contributed by atoms with Gasteiger partial charge in [-0.25, -0.2) is 0 Å². The molecule has 0 saturated carbocycles. The second-order valence-electron chi connectivity index (χ2n) is 5.21. The molecule has 1 aromatic heterocycles. The molecular formula is C15H24IN3O2S. The Bertz CT molecular complexity index is 511. The van der Waals surface area contributed by atoms with Crippen molar-refractivity contribution >= 4 is 47.2 Å². The predicted molar refractivity (Wildman–Crippen MR) is 101 cm³/mol. The lowest BCUT2D eigenvalue weighted by Gasteiger charge is -2.33. The topological polar surface area (TPSA) is 53.9 Å². The fourth-order valence-electron chi connectivity index (χ4n) is 2.57. The van der Waals surface area contributed by atoms with Crippen molar-refractivity contribution in [1.82, 2.24) is 10.2 Å². The van der Waals surface area contributed by atoms with Crippen LogP contribution < -0.4 is 5.32 Å². The second kappa shape index (κ2) is 9.34. The van der Waals surface area contributed by atoms with Gasteiger partial charge in [0, 0.05) is 25.0 Å². The van der Waals surface area contributed by atoms with Gasteiger partial charge in [-0.15, -0.1) is 35.3 Å². The van der Waals surface area contributed by atoms with E-state index < -0.39 is 0 Å². The molecule has 124 valence electrons. The molecule has 7 heteroatoms. The molecule has 0 unspecified atom stereocenters. The van der Waals surface area contributed by atoms with Gasteiger partial charge in [-0.3, -0.25) is 9.79 Å². The number of nitrogens with one attached hydrogen (secondary N) is 1. The standard InChI is InChI=1S/C15H23N3O2S.HI/c1-11-6-9-21-13(11)10-17-15(16-2)18-7-4-12(5-8-18)14(19)20-3;/h6,9,12H,4-5,7-8,10H2,1-3H3,(H,16,17);1H. The van der Waals surface area contributed by atoms with Gasteiger partial charge in [0.25, 0.3) is 0 Å². The maximum absolute atomic E-state index is 11.5. The van der Waals surface area contributed by atoms with E-state index in [0.29, 0.717) is 0 Å². The van der Waals surface area contributed by atoms with Crippen LogP contribution in [0.4, 0.5) is 0 Å². The van der Waals surface area contributed by atoms with E-state index in [1.54, 1.807) is 18.4 Å². The molecule has 0 amide bonds. The first-order valence-corrected chi connectivity index (χ1v) is 8.10. The van der Waals surface area contributed by atoms with Crippen LogP contribution in [0.2, 0.25) is 0 Å². The predicted octanol–water partition coefficient (Wildman–Crippen LogP) is 2.63. The number of rotatable bonds is 3. The maximum Gasteiger partial charge on any atom is 0.308 e. The van der Waals surface area contributed by atoms with Crippen molar-refractivity contribution in [3.8, 4) is 0 Å². The number of ether oxygens (including phenoxy) is 1. The summed E-state index contributed by atoms with van der Waals surface area (Å²) < 4.78 is 4.82. The van der Waals surface area contributed by atoms with Crippen molar-refractivity contribution in [1.29, 1.82) is 0 Å². The van der Waals surface area contributed by atoms with Crippen molar-refractivity contribution in [2.45, 2.75) is 26.3 Å². The van der Waals surface area contributed by atoms with Crippen molar-refractivity contribution < 1.29 is 9.53 Å². The number of nitrogens with zero attached hydrogens (tertiary/aromatic N) is 2. The zero-order valence-corrected chi connectivity index (χ0v) is 16.4. The van der Waals surface area contributed by atoms with Gasteiger partial charge in [0.15, 0.2) is 5.96 Å². The van der Waals surface area contributed by atoms with E-state index in [1.807, 2.05) is 0 Å². The Labute approximate surface area is 153 Å². The summed E-state index contributed by atoms with van der Waals surface area (Å²) >= 11 is 1.76. The van der Waals surface area contributed by atoms with Crippen LogP contribution in [0.3, 0.4) is 0 Å². The summed E-state index contributed by atoms with van der Waals surface area (Å²) in [6, 6.07) is 2.13. The van der Waals surface area contributed by atoms with Gasteiger partial charge in [0.1, 0.15) is 0 Å². The SMILES string of the molecule is CN=C(NCc1sccc1C)N1CCC(C(=O)OC)CC1.I. The van der Waals surface area contributed by atoms with Gasteiger partial charge in [-0.1, -0.05) is 0 Å². The molecule has 2 rings (SSSR count). The Morgan fingerprint density at radius 2 is 2.18 bits per heavy atom. The Hall–Kier alpha value is -0.830. The van der Waals surface area contributed by atoms with E-state index in [9.17, 15) is 4.79 Å². The van der Waals surface area contributed by atoms with E-state index >= 15 is 0 Å². The van der Waals surface area contributed by atoms with Crippen LogP contribution >= 0.6 is 35.3 Å². The fraction of sp³-hybridized carbons (Fsp3) is 0.600. The number of piperidine rings is 1. The lowest BCUT2D eigenvalue weighted by Crippen LogP contribution is -2.46. The van der Waals surface area contributed by atoms with Crippen LogP contribution in [0.1, 0.15) is 23.3 Å². The molecule has 22 heavy (non-hydrogen) atoms. The maximum atomic E-state index is 11.5. The Morgan fingerprint density at radius 3 is 2.68 bits per heavy atom. The Kier molecular flexibility index (Phi) is 8.16. The van der Waals surface area contributed by atoms with E-state index in [4.69, 9.17) is 4.74 Å². The van der Waals surface area contributed by atoms with Gasteiger partial charge in [0.2, 0.25) is 0 Å². The number of guanidine groups is 1. The first kappa shape index (κ1) is 19.2. The van der Waals surface area contributed by atoms with Crippen LogP contribution in [0.15, 0.2) is 16.4 Å². The molecule has 0 aliphatic carbocycles. The Morgan fingerprint density at radius 1 is 1.50 bits per heavy atom. The number of carbonyl (C=O) groups excluding carboxylic acids is 1. The quantitative estimate of drug-likeness (QED) is 0.342. The van der Waals surface area contributed by atoms with Gasteiger partial charge >= 0.3 is 5.97 Å². The molecule has 1 aliphatic rings. The number of thiophene rings is 1. The smallest absolute Gasteiger partial charge is 0.308 e. The fourth-order valence-corrected chi connectivity index (χ4v) is 3.42. The zero-order valence-electron chi connectivity index (χ0n) is 13.3. The van der Waals surface area contributed by atoms with E-state index in [0.717, 1.165) is 38.4 Å². The van der Waals surface area contributed by atoms with Crippen LogP contribution in [-0.4, -0.2) is 44.1 Å². The molecule has 0 bridgehead atoms. The summed E-state index contributed by atoms with van der Waals surface area (Å²) in [4.78, 5) is 19.4. The van der Waals surface area contributed by atoms with Crippen molar-refractivity contribution in [3.63, 3.8) is 0 Å². The largest absolute Gasteiger partial charge is 0.469 e. The van der Waals surface area contributed by atoms with E-state index in [2.05, 4.69) is 33.6 Å². The molecule has 5 nitrogen and oxygen atoms in total. The van der Waals surface area contributed by atoms with Crippen LogP contribution in [-0.2, 0) is 16.1 Å². The highest BCUT2D eigenvalue weighted by molar-refractivity contribution is 14.0. The number of halogens is 1. The minimum atomic E-state index is -0.0909. The normalized spacial score (nSPS) is 16.1. The molecule has 1 saturated heterocycles. The third-order valence-electron chi connectivity index (χ3n) is 3.92. The highest BCUT2D eigenvalue weighted by Gasteiger charge is 2.26. The summed E-state index contributed by atoms with van der Waals surface area (Å²) in [5.41, 5.74) is 1.31. The third kappa shape index (κ3) is 4.84. The van der Waals surface area contributed by atoms with Gasteiger partial charge in [-0.2, -0.15) is 0 Å². The monoisotopic (exact) mass is 437 g/mol. The molecule has 0 aromatic carbocycles. The minimum Gasteiger partial charge on any atom is -0.469 e. The molecule has 1 aliphatic heterocycles. The number of esters is 1. The van der Waals surface area contributed by atoms with Crippen molar-refractivity contribution in [2.24, 2.45) is 10.9 Å². The molecule has 0 spiro atoms. The lowest BCUT2D eigenvalue weighted by molar-refractivity contribution is -0.146. The highest BCUT2D eigenvalue weighted by Crippen LogP contribution is 2.19. The summed E-state index contributed by atoms with van der Waals surface area (Å²) in [5.74, 6) is 0.849. The molecule has 0 radical (unpaired) electrons. The molecule has 1 aromatic rings. The first-order chi connectivity index (χ1) is 10.2. The van der Waals surface area contributed by atoms with Crippen molar-refractivity contribution in [2.75, 3.05) is 27.2 Å². The van der Waals surface area contributed by atoms with E-state index in [-0.39, 0.29) is 35.9 Å². The average molecular weight is 437 g/mol. The number of aryl methyl sites for hydroxylation is 1. The van der Waals surface area contributed by atoms with Gasteiger partial charge in [0.05, 0.1) is 19.6 Å². The first-order valence-electron chi connectivity index (χ1n) is 7.22. The van der Waals surface area contributed by atoms with Crippen molar-refractivity contribution in [3.05, 3.63) is 21.9 Å².